The van der Waals surface area contributed by atoms with Crippen LogP contribution in [0.3, 0.4) is 0 Å². The molecule has 2 nitrogen and oxygen atoms in total. The molecule has 2 N–H and O–H groups in total. The minimum Gasteiger partial charge on any atom is -0.399 e. The third-order valence-corrected chi connectivity index (χ3v) is 2.82. The van der Waals surface area contributed by atoms with Crippen LogP contribution in [0.4, 0.5) is 5.69 Å². The molecule has 1 heterocycles. The Balaban J connectivity index is 2.04. The van der Waals surface area contributed by atoms with E-state index < -0.39 is 0 Å². The summed E-state index contributed by atoms with van der Waals surface area (Å²) in [6.45, 7) is 4.08. The van der Waals surface area contributed by atoms with Crippen LogP contribution in [-0.2, 0) is 12.8 Å². The van der Waals surface area contributed by atoms with Crippen LogP contribution in [0.25, 0.3) is 0 Å². The molecule has 0 radical (unpaired) electrons. The Morgan fingerprint density at radius 3 is 2.00 bits per heavy atom. The van der Waals surface area contributed by atoms with Crippen molar-refractivity contribution in [2.24, 2.45) is 0 Å². The zero-order chi connectivity index (χ0) is 12.3. The van der Waals surface area contributed by atoms with Crippen LogP contribution < -0.4 is 5.73 Å². The number of aromatic nitrogens is 1. The van der Waals surface area contributed by atoms with Gasteiger partial charge in [-0.25, -0.2) is 0 Å². The summed E-state index contributed by atoms with van der Waals surface area (Å²) in [7, 11) is 0. The van der Waals surface area contributed by atoms with E-state index in [-0.39, 0.29) is 0 Å². The number of benzene rings is 1. The molecule has 0 saturated carbocycles. The molecule has 0 bridgehead atoms. The first-order valence-corrected chi connectivity index (χ1v) is 5.92. The minimum absolute atomic E-state index is 0.823. The number of nitrogen functional groups attached to an aromatic ring is 1. The largest absolute Gasteiger partial charge is 0.399 e. The Bertz CT molecular complexity index is 481. The van der Waals surface area contributed by atoms with Crippen LogP contribution in [0.15, 0.2) is 36.4 Å². The van der Waals surface area contributed by atoms with Gasteiger partial charge in [0.15, 0.2) is 0 Å². The second kappa shape index (κ2) is 5.00. The molecule has 0 amide bonds. The zero-order valence-corrected chi connectivity index (χ0v) is 10.4. The van der Waals surface area contributed by atoms with E-state index in [0.717, 1.165) is 29.9 Å². The minimum atomic E-state index is 0.823. The molecule has 17 heavy (non-hydrogen) atoms. The Labute approximate surface area is 103 Å². The first-order valence-electron chi connectivity index (χ1n) is 5.92. The molecule has 0 aliphatic carbocycles. The fraction of sp³-hybridized carbons (Fsp3) is 0.267. The van der Waals surface area contributed by atoms with Crippen molar-refractivity contribution in [2.45, 2.75) is 26.7 Å². The van der Waals surface area contributed by atoms with E-state index >= 15 is 0 Å². The first-order chi connectivity index (χ1) is 8.13. The van der Waals surface area contributed by atoms with E-state index in [0.29, 0.717) is 0 Å². The highest BCUT2D eigenvalue weighted by Gasteiger charge is 1.99. The third-order valence-electron chi connectivity index (χ3n) is 2.82. The highest BCUT2D eigenvalue weighted by Crippen LogP contribution is 2.11. The van der Waals surface area contributed by atoms with Crippen molar-refractivity contribution >= 4 is 5.69 Å². The average molecular weight is 226 g/mol. The molecule has 2 rings (SSSR count). The lowest BCUT2D eigenvalue weighted by molar-refractivity contribution is 0.942. The number of aryl methyl sites for hydroxylation is 4. The van der Waals surface area contributed by atoms with Gasteiger partial charge in [-0.2, -0.15) is 0 Å². The monoisotopic (exact) mass is 226 g/mol. The fourth-order valence-electron chi connectivity index (χ4n) is 2.04. The molecule has 1 aromatic carbocycles. The summed E-state index contributed by atoms with van der Waals surface area (Å²) in [5, 5.41) is 0. The lowest BCUT2D eigenvalue weighted by Crippen LogP contribution is -1.95. The SMILES string of the molecule is Cc1cc(CCc2ccc(N)cc2)cc(C)n1. The van der Waals surface area contributed by atoms with Gasteiger partial charge in [-0.15, -0.1) is 0 Å². The fourth-order valence-corrected chi connectivity index (χ4v) is 2.04. The van der Waals surface area contributed by atoms with E-state index in [9.17, 15) is 0 Å². The van der Waals surface area contributed by atoms with Crippen molar-refractivity contribution in [3.05, 3.63) is 58.9 Å². The van der Waals surface area contributed by atoms with Crippen molar-refractivity contribution in [1.82, 2.24) is 4.98 Å². The van der Waals surface area contributed by atoms with Gasteiger partial charge in [-0.1, -0.05) is 12.1 Å². The molecule has 0 spiro atoms. The first kappa shape index (κ1) is 11.6. The molecule has 1 aromatic heterocycles. The van der Waals surface area contributed by atoms with Crippen molar-refractivity contribution in [1.29, 1.82) is 0 Å². The van der Waals surface area contributed by atoms with Crippen LogP contribution >= 0.6 is 0 Å². The lowest BCUT2D eigenvalue weighted by Gasteiger charge is -2.05. The maximum Gasteiger partial charge on any atom is 0.0378 e. The van der Waals surface area contributed by atoms with Crippen molar-refractivity contribution in [3.8, 4) is 0 Å². The van der Waals surface area contributed by atoms with E-state index in [1.807, 2.05) is 26.0 Å². The molecule has 0 aliphatic rings. The molecule has 0 atom stereocenters. The smallest absolute Gasteiger partial charge is 0.0378 e. The number of hydrogen-bond acceptors (Lipinski definition) is 2. The number of nitrogens with zero attached hydrogens (tertiary/aromatic N) is 1. The zero-order valence-electron chi connectivity index (χ0n) is 10.4. The van der Waals surface area contributed by atoms with E-state index in [1.54, 1.807) is 0 Å². The summed E-state index contributed by atoms with van der Waals surface area (Å²) < 4.78 is 0. The molecule has 0 unspecified atom stereocenters. The van der Waals surface area contributed by atoms with Gasteiger partial charge in [0.25, 0.3) is 0 Å². The second-order valence-corrected chi connectivity index (χ2v) is 4.50. The van der Waals surface area contributed by atoms with Gasteiger partial charge in [0.05, 0.1) is 0 Å². The number of hydrogen-bond donors (Lipinski definition) is 1. The molecular weight excluding hydrogens is 208 g/mol. The van der Waals surface area contributed by atoms with Crippen LogP contribution in [0.1, 0.15) is 22.5 Å². The van der Waals surface area contributed by atoms with Crippen molar-refractivity contribution in [3.63, 3.8) is 0 Å². The lowest BCUT2D eigenvalue weighted by atomic mass is 10.0. The predicted molar refractivity (Wildman–Crippen MR) is 72.0 cm³/mol. The number of anilines is 1. The standard InChI is InChI=1S/C15H18N2/c1-11-9-14(10-12(2)17-11)4-3-13-5-7-15(16)8-6-13/h5-10H,3-4,16H2,1-2H3. The third kappa shape index (κ3) is 3.31. The van der Waals surface area contributed by atoms with Crippen molar-refractivity contribution < 1.29 is 0 Å². The maximum atomic E-state index is 5.67. The topological polar surface area (TPSA) is 38.9 Å². The van der Waals surface area contributed by atoms with Gasteiger partial charge >= 0.3 is 0 Å². The van der Waals surface area contributed by atoms with Gasteiger partial charge in [0.2, 0.25) is 0 Å². The summed E-state index contributed by atoms with van der Waals surface area (Å²) in [5.41, 5.74) is 11.4. The van der Waals surface area contributed by atoms with Crippen LogP contribution in [-0.4, -0.2) is 4.98 Å². The van der Waals surface area contributed by atoms with E-state index in [1.165, 1.54) is 11.1 Å². The van der Waals surface area contributed by atoms with Gasteiger partial charge in [0, 0.05) is 17.1 Å². The molecule has 0 fully saturated rings. The highest BCUT2D eigenvalue weighted by molar-refractivity contribution is 5.39. The van der Waals surface area contributed by atoms with Gasteiger partial charge in [-0.05, 0) is 62.1 Å². The summed E-state index contributed by atoms with van der Waals surface area (Å²) >= 11 is 0. The summed E-state index contributed by atoms with van der Waals surface area (Å²) in [6, 6.07) is 12.4. The predicted octanol–water partition coefficient (Wildman–Crippen LogP) is 3.07. The van der Waals surface area contributed by atoms with Crippen LogP contribution in [0.2, 0.25) is 0 Å². The Kier molecular flexibility index (Phi) is 3.43. The van der Waals surface area contributed by atoms with E-state index in [2.05, 4.69) is 29.2 Å². The molecule has 88 valence electrons. The van der Waals surface area contributed by atoms with Crippen LogP contribution in [0, 0.1) is 13.8 Å². The second-order valence-electron chi connectivity index (χ2n) is 4.50. The highest BCUT2D eigenvalue weighted by atomic mass is 14.7. The molecule has 2 aromatic rings. The molecule has 0 saturated heterocycles. The average Bonchev–Trinajstić information content (AvgIpc) is 2.27. The van der Waals surface area contributed by atoms with E-state index in [4.69, 9.17) is 5.73 Å². The Morgan fingerprint density at radius 2 is 1.41 bits per heavy atom. The Hall–Kier alpha value is -1.83. The van der Waals surface area contributed by atoms with Gasteiger partial charge < -0.3 is 5.73 Å². The molecule has 2 heteroatoms. The maximum absolute atomic E-state index is 5.67. The number of rotatable bonds is 3. The summed E-state index contributed by atoms with van der Waals surface area (Å²) in [5.74, 6) is 0. The molecule has 0 aliphatic heterocycles. The number of nitrogens with two attached hydrogens (primary N) is 1. The van der Waals surface area contributed by atoms with Crippen LogP contribution in [0.5, 0.6) is 0 Å². The van der Waals surface area contributed by atoms with Gasteiger partial charge in [-0.3, -0.25) is 4.98 Å². The Morgan fingerprint density at radius 1 is 0.882 bits per heavy atom. The van der Waals surface area contributed by atoms with Crippen molar-refractivity contribution in [2.75, 3.05) is 5.73 Å². The summed E-state index contributed by atoms with van der Waals surface area (Å²) in [4.78, 5) is 4.38. The summed E-state index contributed by atoms with van der Waals surface area (Å²) in [6.07, 6.45) is 2.09. The molecular formula is C15H18N2. The number of pyridine rings is 1. The normalized spacial score (nSPS) is 10.5. The quantitative estimate of drug-likeness (QED) is 0.817. The van der Waals surface area contributed by atoms with Gasteiger partial charge in [0.1, 0.15) is 0 Å².